The quantitative estimate of drug-likeness (QED) is 0.243. The first-order valence-corrected chi connectivity index (χ1v) is 10.4. The molecule has 0 aliphatic heterocycles. The van der Waals surface area contributed by atoms with E-state index in [1.165, 1.54) is 23.5 Å². The van der Waals surface area contributed by atoms with Crippen LogP contribution in [0, 0.1) is 6.92 Å². The molecule has 1 N–H and O–H groups in total. The lowest BCUT2D eigenvalue weighted by atomic mass is 10.2. The average Bonchev–Trinajstić information content (AvgIpc) is 2.77. The van der Waals surface area contributed by atoms with Gasteiger partial charge in [0.1, 0.15) is 0 Å². The van der Waals surface area contributed by atoms with Crippen LogP contribution in [0.2, 0.25) is 0 Å². The van der Waals surface area contributed by atoms with Crippen molar-refractivity contribution in [3.8, 4) is 5.88 Å². The average molecular weight is 419 g/mol. The molecule has 0 fully saturated rings. The summed E-state index contributed by atoms with van der Waals surface area (Å²) >= 11 is 1.52. The topological polar surface area (TPSA) is 76.5 Å². The molecule has 0 saturated carbocycles. The molecule has 0 saturated heterocycles. The van der Waals surface area contributed by atoms with Crippen LogP contribution < -0.4 is 10.2 Å². The minimum atomic E-state index is -0.367. The molecule has 0 unspecified atom stereocenters. The van der Waals surface area contributed by atoms with Gasteiger partial charge in [-0.05, 0) is 24.1 Å². The third kappa shape index (κ3) is 7.52. The van der Waals surface area contributed by atoms with Gasteiger partial charge >= 0.3 is 0 Å². The summed E-state index contributed by atoms with van der Waals surface area (Å²) in [5.41, 5.74) is 5.44. The number of hydrazone groups is 1. The minimum Gasteiger partial charge on any atom is -0.467 e. The summed E-state index contributed by atoms with van der Waals surface area (Å²) in [6, 6.07) is 21.6. The van der Waals surface area contributed by atoms with Gasteiger partial charge in [-0.1, -0.05) is 78.5 Å². The van der Waals surface area contributed by atoms with Gasteiger partial charge in [0, 0.05) is 23.7 Å². The van der Waals surface area contributed by atoms with E-state index < -0.39 is 0 Å². The van der Waals surface area contributed by atoms with Crippen molar-refractivity contribution in [2.75, 3.05) is 6.61 Å². The Balaban J connectivity index is 1.45. The fourth-order valence-corrected chi connectivity index (χ4v) is 3.27. The first-order valence-electron chi connectivity index (χ1n) is 9.38. The number of amides is 1. The van der Waals surface area contributed by atoms with Crippen molar-refractivity contribution in [2.45, 2.75) is 17.8 Å². The van der Waals surface area contributed by atoms with Crippen LogP contribution in [0.25, 0.3) is 6.08 Å². The Hall–Kier alpha value is -3.45. The summed E-state index contributed by atoms with van der Waals surface area (Å²) < 4.78 is 5.50. The van der Waals surface area contributed by atoms with Crippen LogP contribution in [0.4, 0.5) is 0 Å². The monoisotopic (exact) mass is 418 g/mol. The molecular formula is C23H22N4O2S. The Morgan fingerprint density at radius 2 is 1.83 bits per heavy atom. The van der Waals surface area contributed by atoms with E-state index in [0.717, 1.165) is 17.0 Å². The maximum atomic E-state index is 11.9. The highest BCUT2D eigenvalue weighted by Gasteiger charge is 2.07. The van der Waals surface area contributed by atoms with E-state index in [2.05, 4.69) is 32.6 Å². The van der Waals surface area contributed by atoms with Crippen LogP contribution in [-0.2, 0) is 10.5 Å². The lowest BCUT2D eigenvalue weighted by Gasteiger charge is -2.07. The number of carbonyl (C=O) groups excluding carboxylic acids is 1. The number of rotatable bonds is 9. The van der Waals surface area contributed by atoms with Gasteiger partial charge < -0.3 is 4.74 Å². The highest BCUT2D eigenvalue weighted by atomic mass is 32.2. The van der Waals surface area contributed by atoms with Crippen molar-refractivity contribution in [1.82, 2.24) is 15.4 Å². The zero-order valence-corrected chi connectivity index (χ0v) is 17.4. The molecule has 2 aromatic carbocycles. The van der Waals surface area contributed by atoms with Gasteiger partial charge in [-0.2, -0.15) is 10.1 Å². The SMILES string of the molecule is Cc1cc(OCC(=O)N/N=C/C=C/c2ccccc2)nc(SCc2ccccc2)n1. The molecule has 0 bridgehead atoms. The predicted molar refractivity (Wildman–Crippen MR) is 120 cm³/mol. The number of thioether (sulfide) groups is 1. The van der Waals surface area contributed by atoms with Crippen LogP contribution in [-0.4, -0.2) is 28.7 Å². The molecule has 0 aliphatic rings. The van der Waals surface area contributed by atoms with Crippen LogP contribution >= 0.6 is 11.8 Å². The number of aryl methyl sites for hydroxylation is 1. The van der Waals surface area contributed by atoms with Gasteiger partial charge in [-0.25, -0.2) is 10.4 Å². The minimum absolute atomic E-state index is 0.182. The number of carbonyl (C=O) groups is 1. The molecule has 3 aromatic rings. The van der Waals surface area contributed by atoms with E-state index in [4.69, 9.17) is 4.74 Å². The number of hydrogen-bond acceptors (Lipinski definition) is 6. The molecule has 3 rings (SSSR count). The molecule has 0 radical (unpaired) electrons. The van der Waals surface area contributed by atoms with Crippen LogP contribution in [0.15, 0.2) is 83.1 Å². The number of hydrogen-bond donors (Lipinski definition) is 1. The highest BCUT2D eigenvalue weighted by Crippen LogP contribution is 2.21. The standard InChI is InChI=1S/C23H22N4O2S/c1-18-15-22(26-23(25-18)30-17-20-11-6-3-7-12-20)29-16-21(28)27-24-14-8-13-19-9-4-2-5-10-19/h2-15H,16-17H2,1H3,(H,27,28)/b13-8+,24-14+. The molecule has 0 spiro atoms. The van der Waals surface area contributed by atoms with Crippen molar-refractivity contribution in [3.05, 3.63) is 89.6 Å². The number of allylic oxidation sites excluding steroid dienone is 1. The Morgan fingerprint density at radius 3 is 2.60 bits per heavy atom. The van der Waals surface area contributed by atoms with Crippen molar-refractivity contribution >= 4 is 30.0 Å². The first kappa shape index (κ1) is 21.3. The predicted octanol–water partition coefficient (Wildman–Crippen LogP) is 4.27. The summed E-state index contributed by atoms with van der Waals surface area (Å²) in [6.07, 6.45) is 5.16. The normalized spacial score (nSPS) is 11.1. The van der Waals surface area contributed by atoms with Gasteiger partial charge in [0.2, 0.25) is 5.88 Å². The number of benzene rings is 2. The van der Waals surface area contributed by atoms with E-state index in [1.807, 2.05) is 61.5 Å². The Labute approximate surface area is 180 Å². The fraction of sp³-hybridized carbons (Fsp3) is 0.130. The molecule has 7 heteroatoms. The van der Waals surface area contributed by atoms with Gasteiger partial charge in [0.25, 0.3) is 5.91 Å². The van der Waals surface area contributed by atoms with E-state index >= 15 is 0 Å². The summed E-state index contributed by atoms with van der Waals surface area (Å²) in [7, 11) is 0. The molecule has 1 aromatic heterocycles. The van der Waals surface area contributed by atoms with Gasteiger partial charge in [0.05, 0.1) is 0 Å². The fourth-order valence-electron chi connectivity index (χ4n) is 2.42. The van der Waals surface area contributed by atoms with Crippen LogP contribution in [0.5, 0.6) is 5.88 Å². The zero-order valence-electron chi connectivity index (χ0n) is 16.6. The summed E-state index contributed by atoms with van der Waals surface area (Å²) in [6.45, 7) is 1.68. The third-order valence-electron chi connectivity index (χ3n) is 3.81. The van der Waals surface area contributed by atoms with E-state index in [1.54, 1.807) is 12.1 Å². The maximum Gasteiger partial charge on any atom is 0.278 e. The summed E-state index contributed by atoms with van der Waals surface area (Å²) in [5, 5.41) is 4.48. The molecule has 0 atom stereocenters. The second-order valence-corrected chi connectivity index (χ2v) is 7.22. The van der Waals surface area contributed by atoms with E-state index in [9.17, 15) is 4.79 Å². The number of nitrogens with one attached hydrogen (secondary N) is 1. The van der Waals surface area contributed by atoms with Crippen LogP contribution in [0.1, 0.15) is 16.8 Å². The second kappa shape index (κ2) is 11.5. The number of aromatic nitrogens is 2. The first-order chi connectivity index (χ1) is 14.7. The maximum absolute atomic E-state index is 11.9. The molecule has 6 nitrogen and oxygen atoms in total. The van der Waals surface area contributed by atoms with Gasteiger partial charge in [0.15, 0.2) is 11.8 Å². The van der Waals surface area contributed by atoms with E-state index in [-0.39, 0.29) is 12.5 Å². The molecule has 152 valence electrons. The van der Waals surface area contributed by atoms with Crippen molar-refractivity contribution in [1.29, 1.82) is 0 Å². The highest BCUT2D eigenvalue weighted by molar-refractivity contribution is 7.98. The molecule has 30 heavy (non-hydrogen) atoms. The lowest BCUT2D eigenvalue weighted by molar-refractivity contribution is -0.123. The number of ether oxygens (including phenoxy) is 1. The Bertz CT molecular complexity index is 1010. The van der Waals surface area contributed by atoms with E-state index in [0.29, 0.717) is 11.0 Å². The molecular weight excluding hydrogens is 396 g/mol. The van der Waals surface area contributed by atoms with Crippen molar-refractivity contribution < 1.29 is 9.53 Å². The second-order valence-electron chi connectivity index (χ2n) is 6.28. The largest absolute Gasteiger partial charge is 0.467 e. The third-order valence-corrected chi connectivity index (χ3v) is 4.73. The van der Waals surface area contributed by atoms with Gasteiger partial charge in [-0.3, -0.25) is 4.79 Å². The zero-order chi connectivity index (χ0) is 21.0. The Kier molecular flexibility index (Phi) is 8.17. The molecule has 1 heterocycles. The Morgan fingerprint density at radius 1 is 1.10 bits per heavy atom. The van der Waals surface area contributed by atoms with Gasteiger partial charge in [-0.15, -0.1) is 0 Å². The number of nitrogens with zero attached hydrogens (tertiary/aromatic N) is 3. The smallest absolute Gasteiger partial charge is 0.278 e. The summed E-state index contributed by atoms with van der Waals surface area (Å²) in [4.78, 5) is 20.7. The molecule has 1 amide bonds. The van der Waals surface area contributed by atoms with Crippen molar-refractivity contribution in [3.63, 3.8) is 0 Å². The summed E-state index contributed by atoms with van der Waals surface area (Å²) in [5.74, 6) is 0.755. The lowest BCUT2D eigenvalue weighted by Crippen LogP contribution is -2.24. The van der Waals surface area contributed by atoms with Crippen LogP contribution in [0.3, 0.4) is 0 Å². The van der Waals surface area contributed by atoms with Crippen molar-refractivity contribution in [2.24, 2.45) is 5.10 Å². The molecule has 0 aliphatic carbocycles.